The summed E-state index contributed by atoms with van der Waals surface area (Å²) >= 11 is 0. The molecule has 0 spiro atoms. The molecule has 4 heterocycles. The lowest BCUT2D eigenvalue weighted by atomic mass is 9.96. The number of benzene rings is 6. The van der Waals surface area contributed by atoms with E-state index in [4.69, 9.17) is 24.9 Å². The summed E-state index contributed by atoms with van der Waals surface area (Å²) in [6.45, 7) is 0. The fourth-order valence-corrected chi connectivity index (χ4v) is 7.26. The van der Waals surface area contributed by atoms with E-state index in [1.54, 1.807) is 6.20 Å². The SMILES string of the molecule is c1ccc(-c2nc(-c3ccccc3)nc(-c3ccc(-c4ccc(-c5ccc(-c6cc(-c7cccc8ccccc78)cc(-c7ccccn7)n6)nc5)cc4)cc3)n2)cc1. The average Bonchev–Trinajstić information content (AvgIpc) is 3.32. The van der Waals surface area contributed by atoms with Crippen molar-refractivity contribution >= 4 is 10.8 Å². The van der Waals surface area contributed by atoms with E-state index >= 15 is 0 Å². The van der Waals surface area contributed by atoms with Gasteiger partial charge in [-0.3, -0.25) is 9.97 Å². The summed E-state index contributed by atoms with van der Waals surface area (Å²) in [5.74, 6) is 1.92. The third-order valence-electron chi connectivity index (χ3n) is 10.3. The zero-order chi connectivity index (χ0) is 38.7. The molecule has 6 aromatic carbocycles. The number of aromatic nitrogens is 6. The van der Waals surface area contributed by atoms with Crippen molar-refractivity contribution in [2.45, 2.75) is 0 Å². The molecular formula is C52H34N6. The summed E-state index contributed by atoms with van der Waals surface area (Å²) in [4.78, 5) is 29.2. The number of hydrogen-bond donors (Lipinski definition) is 0. The topological polar surface area (TPSA) is 77.3 Å². The highest BCUT2D eigenvalue weighted by atomic mass is 15.0. The van der Waals surface area contributed by atoms with Crippen LogP contribution in [0.25, 0.3) is 101 Å². The number of rotatable bonds is 8. The van der Waals surface area contributed by atoms with Gasteiger partial charge in [0.15, 0.2) is 17.5 Å². The van der Waals surface area contributed by atoms with Gasteiger partial charge in [0.1, 0.15) is 0 Å². The summed E-state index contributed by atoms with van der Waals surface area (Å²) in [5.41, 5.74) is 12.6. The van der Waals surface area contributed by atoms with Crippen molar-refractivity contribution in [3.05, 3.63) is 207 Å². The monoisotopic (exact) mass is 742 g/mol. The third-order valence-corrected chi connectivity index (χ3v) is 10.3. The number of nitrogens with zero attached hydrogens (tertiary/aromatic N) is 6. The van der Waals surface area contributed by atoms with Crippen LogP contribution in [0.15, 0.2) is 207 Å². The van der Waals surface area contributed by atoms with E-state index in [0.29, 0.717) is 17.5 Å². The quantitative estimate of drug-likeness (QED) is 0.154. The second-order valence-corrected chi connectivity index (χ2v) is 14.0. The van der Waals surface area contributed by atoms with Crippen LogP contribution in [-0.4, -0.2) is 29.9 Å². The largest absolute Gasteiger partial charge is 0.255 e. The summed E-state index contributed by atoms with van der Waals surface area (Å²) in [6.07, 6.45) is 3.73. The Kier molecular flexibility index (Phi) is 9.10. The molecule has 0 bridgehead atoms. The molecule has 0 radical (unpaired) electrons. The van der Waals surface area contributed by atoms with Gasteiger partial charge in [-0.05, 0) is 68.9 Å². The van der Waals surface area contributed by atoms with Crippen molar-refractivity contribution in [1.82, 2.24) is 29.9 Å². The van der Waals surface area contributed by atoms with Crippen LogP contribution in [-0.2, 0) is 0 Å². The van der Waals surface area contributed by atoms with Gasteiger partial charge in [-0.15, -0.1) is 0 Å². The smallest absolute Gasteiger partial charge is 0.164 e. The standard InChI is InChI=1S/C52H34N6/c1-3-13-39(14-4-1)50-56-51(40-15-5-2-6-16-40)58-52(57-50)41-27-25-36(26-28-41)35-21-23-37(24-22-35)42-29-30-47(54-34-42)49-33-43(32-48(55-49)46-20-9-10-31-53-46)45-19-11-17-38-12-7-8-18-44(38)45/h1-34H. The van der Waals surface area contributed by atoms with Crippen LogP contribution < -0.4 is 0 Å². The van der Waals surface area contributed by atoms with Gasteiger partial charge in [-0.25, -0.2) is 19.9 Å². The maximum atomic E-state index is 5.05. The lowest BCUT2D eigenvalue weighted by Gasteiger charge is -2.12. The Balaban J connectivity index is 0.922. The maximum absolute atomic E-state index is 5.05. The van der Waals surface area contributed by atoms with Crippen LogP contribution in [0.4, 0.5) is 0 Å². The summed E-state index contributed by atoms with van der Waals surface area (Å²) in [6, 6.07) is 66.2. The predicted molar refractivity (Wildman–Crippen MR) is 234 cm³/mol. The normalized spacial score (nSPS) is 11.1. The van der Waals surface area contributed by atoms with Gasteiger partial charge in [0.05, 0.1) is 22.8 Å². The van der Waals surface area contributed by atoms with Crippen LogP contribution in [0, 0.1) is 0 Å². The van der Waals surface area contributed by atoms with Crippen molar-refractivity contribution in [1.29, 1.82) is 0 Å². The Morgan fingerprint density at radius 3 is 1.33 bits per heavy atom. The molecule has 6 nitrogen and oxygen atoms in total. The first-order valence-corrected chi connectivity index (χ1v) is 19.2. The minimum absolute atomic E-state index is 0.633. The lowest BCUT2D eigenvalue weighted by molar-refractivity contribution is 1.07. The molecular weight excluding hydrogens is 709 g/mol. The molecule has 0 saturated heterocycles. The summed E-state index contributed by atoms with van der Waals surface area (Å²) < 4.78 is 0. The molecule has 0 aliphatic rings. The highest BCUT2D eigenvalue weighted by Crippen LogP contribution is 2.34. The van der Waals surface area contributed by atoms with Crippen LogP contribution in [0.3, 0.4) is 0 Å². The molecule has 4 aromatic heterocycles. The lowest BCUT2D eigenvalue weighted by Crippen LogP contribution is -2.00. The molecule has 10 rings (SSSR count). The zero-order valence-electron chi connectivity index (χ0n) is 31.3. The van der Waals surface area contributed by atoms with E-state index < -0.39 is 0 Å². The highest BCUT2D eigenvalue weighted by Gasteiger charge is 2.15. The van der Waals surface area contributed by atoms with Crippen molar-refractivity contribution in [3.8, 4) is 90.3 Å². The van der Waals surface area contributed by atoms with E-state index in [0.717, 1.165) is 72.8 Å². The van der Waals surface area contributed by atoms with E-state index in [1.807, 2.05) is 91.1 Å². The fourth-order valence-electron chi connectivity index (χ4n) is 7.26. The first-order valence-electron chi connectivity index (χ1n) is 19.2. The van der Waals surface area contributed by atoms with Crippen molar-refractivity contribution < 1.29 is 0 Å². The molecule has 0 fully saturated rings. The van der Waals surface area contributed by atoms with E-state index in [1.165, 1.54) is 10.8 Å². The molecule has 0 aliphatic heterocycles. The first kappa shape index (κ1) is 34.5. The van der Waals surface area contributed by atoms with Crippen molar-refractivity contribution in [2.75, 3.05) is 0 Å². The van der Waals surface area contributed by atoms with E-state index in [9.17, 15) is 0 Å². The Morgan fingerprint density at radius 2 is 0.759 bits per heavy atom. The molecule has 58 heavy (non-hydrogen) atoms. The van der Waals surface area contributed by atoms with Crippen LogP contribution in [0.1, 0.15) is 0 Å². The van der Waals surface area contributed by atoms with Gasteiger partial charge in [0.2, 0.25) is 0 Å². The molecule has 0 aliphatic carbocycles. The van der Waals surface area contributed by atoms with E-state index in [-0.39, 0.29) is 0 Å². The minimum Gasteiger partial charge on any atom is -0.255 e. The maximum Gasteiger partial charge on any atom is 0.164 e. The number of pyridine rings is 3. The zero-order valence-corrected chi connectivity index (χ0v) is 31.3. The predicted octanol–water partition coefficient (Wildman–Crippen LogP) is 12.5. The van der Waals surface area contributed by atoms with E-state index in [2.05, 4.69) is 114 Å². The van der Waals surface area contributed by atoms with Gasteiger partial charge >= 0.3 is 0 Å². The van der Waals surface area contributed by atoms with Crippen LogP contribution >= 0.6 is 0 Å². The van der Waals surface area contributed by atoms with Gasteiger partial charge in [-0.2, -0.15) is 0 Å². The number of hydrogen-bond acceptors (Lipinski definition) is 6. The first-order chi connectivity index (χ1) is 28.7. The molecule has 0 atom stereocenters. The fraction of sp³-hybridized carbons (Fsp3) is 0. The van der Waals surface area contributed by atoms with Gasteiger partial charge < -0.3 is 0 Å². The van der Waals surface area contributed by atoms with Gasteiger partial charge in [-0.1, -0.05) is 164 Å². The minimum atomic E-state index is 0.633. The summed E-state index contributed by atoms with van der Waals surface area (Å²) in [5, 5.41) is 2.38. The second-order valence-electron chi connectivity index (χ2n) is 14.0. The Hall–Kier alpha value is -7.96. The third kappa shape index (κ3) is 7.02. The van der Waals surface area contributed by atoms with Crippen LogP contribution in [0.5, 0.6) is 0 Å². The van der Waals surface area contributed by atoms with Gasteiger partial charge in [0, 0.05) is 34.6 Å². The summed E-state index contributed by atoms with van der Waals surface area (Å²) in [7, 11) is 0. The Morgan fingerprint density at radius 1 is 0.276 bits per heavy atom. The van der Waals surface area contributed by atoms with Gasteiger partial charge in [0.25, 0.3) is 0 Å². The molecule has 6 heteroatoms. The molecule has 0 saturated carbocycles. The molecule has 0 unspecified atom stereocenters. The molecule has 10 aromatic rings. The molecule has 272 valence electrons. The number of fused-ring (bicyclic) bond motifs is 1. The highest BCUT2D eigenvalue weighted by molar-refractivity contribution is 5.97. The van der Waals surface area contributed by atoms with Crippen LogP contribution in [0.2, 0.25) is 0 Å². The Labute approximate surface area is 336 Å². The average molecular weight is 743 g/mol. The second kappa shape index (κ2) is 15.3. The van der Waals surface area contributed by atoms with Crippen molar-refractivity contribution in [3.63, 3.8) is 0 Å². The molecule has 0 amide bonds. The Bertz CT molecular complexity index is 2940. The molecule has 0 N–H and O–H groups in total. The van der Waals surface area contributed by atoms with Crippen molar-refractivity contribution in [2.24, 2.45) is 0 Å².